The van der Waals surface area contributed by atoms with E-state index in [9.17, 15) is 5.41 Å². The highest BCUT2D eigenvalue weighted by Crippen LogP contribution is 2.56. The third-order valence-electron chi connectivity index (χ3n) is 12.2. The van der Waals surface area contributed by atoms with Crippen molar-refractivity contribution in [2.75, 3.05) is 0 Å². The second-order valence-corrected chi connectivity index (χ2v) is 20.1. The Labute approximate surface area is 374 Å². The molecule has 0 unspecified atom stereocenters. The lowest BCUT2D eigenvalue weighted by Gasteiger charge is -2.42. The summed E-state index contributed by atoms with van der Waals surface area (Å²) in [6.45, 7) is 6.01. The first kappa shape index (κ1) is 39.8. The summed E-state index contributed by atoms with van der Waals surface area (Å²) in [5.41, 5.74) is 5.86. The average Bonchev–Trinajstić information content (AvgIpc) is 4.02. The van der Waals surface area contributed by atoms with Crippen LogP contribution in [0.3, 0.4) is 0 Å². The van der Waals surface area contributed by atoms with Gasteiger partial charge in [0.25, 0.3) is 0 Å². The highest BCUT2D eigenvalue weighted by molar-refractivity contribution is 7.49. The molecule has 2 bridgehead atoms. The first-order valence-electron chi connectivity index (χ1n) is 21.3. The van der Waals surface area contributed by atoms with Gasteiger partial charge in [0.05, 0.1) is 4.46 Å². The van der Waals surface area contributed by atoms with E-state index in [1.807, 2.05) is 128 Å². The molecule has 4 aliphatic rings. The highest BCUT2D eigenvalue weighted by Gasteiger charge is 2.61. The molecule has 11 rings (SSSR count). The number of rotatable bonds is 10. The second-order valence-electron chi connectivity index (χ2n) is 15.8. The SMILES string of the molecule is CC[C](CC)(OP(=O)(Oc1ccccc1)Oc1ccccc1)[Al]1[N]2C(=N)c3ccccc3C2=NC2=NC(=Nc3c4ccccc4c(N=C4N=C(C)c5ccccc54)[n]31)c1ccccc12. The number of hydrogen-bond donors (Lipinski definition) is 1. The first-order chi connectivity index (χ1) is 31.3. The fraction of sp³-hybridized carbons (Fsp3) is 0.120. The van der Waals surface area contributed by atoms with Crippen LogP contribution in [0, 0.1) is 5.41 Å². The Balaban J connectivity index is 1.25. The van der Waals surface area contributed by atoms with Crippen molar-refractivity contribution >= 4 is 79.7 Å². The van der Waals surface area contributed by atoms with Crippen LogP contribution >= 0.6 is 7.82 Å². The third kappa shape index (κ3) is 6.51. The summed E-state index contributed by atoms with van der Waals surface area (Å²) >= 11 is -3.45. The predicted molar refractivity (Wildman–Crippen MR) is 255 cm³/mol. The molecule has 0 atom stereocenters. The minimum Gasteiger partial charge on any atom is -0.395 e. The molecule has 4 aliphatic heterocycles. The molecule has 1 N–H and O–H groups in total. The summed E-state index contributed by atoms with van der Waals surface area (Å²) < 4.78 is 38.7. The normalized spacial score (nSPS) is 15.7. The molecule has 12 nitrogen and oxygen atoms in total. The molecule has 64 heavy (non-hydrogen) atoms. The van der Waals surface area contributed by atoms with Crippen molar-refractivity contribution in [1.82, 2.24) is 7.43 Å². The van der Waals surface area contributed by atoms with Gasteiger partial charge >= 0.3 is 22.4 Å². The summed E-state index contributed by atoms with van der Waals surface area (Å²) in [7, 11) is -4.59. The number of phosphoric ester groups is 1. The maximum Gasteiger partial charge on any atom is 0.624 e. The zero-order valence-corrected chi connectivity index (χ0v) is 37.3. The molecule has 5 heterocycles. The minimum absolute atomic E-state index is 0.211. The van der Waals surface area contributed by atoms with E-state index in [1.165, 1.54) is 0 Å². The Morgan fingerprint density at radius 3 is 1.75 bits per heavy atom. The van der Waals surface area contributed by atoms with Crippen molar-refractivity contribution < 1.29 is 18.1 Å². The fourth-order valence-corrected chi connectivity index (χ4v) is 15.0. The molecule has 0 radical (unpaired) electrons. The van der Waals surface area contributed by atoms with E-state index >= 15 is 4.57 Å². The number of amidine groups is 5. The van der Waals surface area contributed by atoms with E-state index in [0.29, 0.717) is 64.9 Å². The lowest BCUT2D eigenvalue weighted by atomic mass is 10.1. The number of nitrogens with zero attached hydrogens (tertiary/aromatic N) is 7. The van der Waals surface area contributed by atoms with Crippen LogP contribution in [-0.2, 0) is 9.09 Å². The number of hydrogen-bond acceptors (Lipinski definition) is 9. The van der Waals surface area contributed by atoms with Gasteiger partial charge in [0.2, 0.25) is 0 Å². The molecule has 1 aromatic heterocycles. The monoisotopic (exact) mass is 874 g/mol. The van der Waals surface area contributed by atoms with Gasteiger partial charge in [-0.2, -0.15) is 0 Å². The Hall–Kier alpha value is -7.00. The number of fused-ring (bicyclic) bond motifs is 11. The van der Waals surface area contributed by atoms with Crippen molar-refractivity contribution in [1.29, 1.82) is 5.41 Å². The lowest BCUT2D eigenvalue weighted by molar-refractivity contribution is 0.0900. The van der Waals surface area contributed by atoms with Crippen molar-refractivity contribution in [3.8, 4) is 11.5 Å². The van der Waals surface area contributed by atoms with Gasteiger partial charge in [-0.25, -0.2) is 29.5 Å². The van der Waals surface area contributed by atoms with Gasteiger partial charge in [-0.05, 0) is 44.0 Å². The Morgan fingerprint density at radius 2 is 1.12 bits per heavy atom. The van der Waals surface area contributed by atoms with Crippen LogP contribution in [-0.4, -0.2) is 61.4 Å². The van der Waals surface area contributed by atoms with Crippen LogP contribution in [0.1, 0.15) is 67.0 Å². The van der Waals surface area contributed by atoms with E-state index in [2.05, 4.69) is 9.62 Å². The van der Waals surface area contributed by atoms with E-state index in [1.54, 1.807) is 48.5 Å². The first-order valence-corrected chi connectivity index (χ1v) is 24.4. The van der Waals surface area contributed by atoms with Gasteiger partial charge in [0.1, 0.15) is 34.8 Å². The van der Waals surface area contributed by atoms with E-state index in [-0.39, 0.29) is 5.84 Å². The molecule has 0 amide bonds. The fourth-order valence-electron chi connectivity index (χ4n) is 9.10. The smallest absolute Gasteiger partial charge is 0.395 e. The number of aromatic nitrogens is 1. The lowest BCUT2D eigenvalue weighted by Crippen LogP contribution is -2.63. The maximum atomic E-state index is 15.8. The molecule has 0 spiro atoms. The minimum atomic E-state index is -4.59. The largest absolute Gasteiger partial charge is 0.624 e. The van der Waals surface area contributed by atoms with Gasteiger partial charge in [0.15, 0.2) is 17.5 Å². The van der Waals surface area contributed by atoms with E-state index in [0.717, 1.165) is 44.3 Å². The predicted octanol–water partition coefficient (Wildman–Crippen LogP) is 11.2. The Kier molecular flexibility index (Phi) is 9.75. The summed E-state index contributed by atoms with van der Waals surface area (Å²) in [4.78, 5) is 26.6. The molecule has 0 fully saturated rings. The Bertz CT molecular complexity index is 3220. The number of phosphoric acid groups is 1. The van der Waals surface area contributed by atoms with Crippen molar-refractivity contribution in [2.24, 2.45) is 25.0 Å². The number of nitrogens with one attached hydrogen (secondary N) is 1. The second kappa shape index (κ2) is 15.7. The zero-order valence-electron chi connectivity index (χ0n) is 35.2. The standard InChI is InChI=1S/C33H20N8.C17H20O4P.Al/c1-18-19-10-2-4-12-21(19)28(35-18)37-30-23-14-6-8-16-25(23)32(39-30)41-33-26-17-9-7-15-24(26)31(40-33)38-29-22-13-5-3-11-20(22)27(34)36-29;1-3-15(4-2)19-22(18,20-16-11-7-5-8-12-16)21-17-13-9-6-10-14-17;/h2-17H,1H3,(H-,34,36,38,40,41);5-14H,3-4H2,1-2H3;/q-2;;+2. The molecule has 0 aliphatic carbocycles. The van der Waals surface area contributed by atoms with Crippen LogP contribution < -0.4 is 9.05 Å². The van der Waals surface area contributed by atoms with Gasteiger partial charge in [-0.1, -0.05) is 147 Å². The van der Waals surface area contributed by atoms with Crippen molar-refractivity contribution in [3.05, 3.63) is 191 Å². The molecule has 0 saturated heterocycles. The van der Waals surface area contributed by atoms with Crippen molar-refractivity contribution in [2.45, 2.75) is 38.1 Å². The van der Waals surface area contributed by atoms with E-state index in [4.69, 9.17) is 38.5 Å². The van der Waals surface area contributed by atoms with Crippen LogP contribution in [0.2, 0.25) is 0 Å². The molecule has 14 heteroatoms. The molecule has 312 valence electrons. The maximum absolute atomic E-state index is 15.8. The van der Waals surface area contributed by atoms with Gasteiger partial charge in [-0.15, -0.1) is 0 Å². The van der Waals surface area contributed by atoms with Crippen LogP contribution in [0.25, 0.3) is 10.8 Å². The molecular weight excluding hydrogens is 835 g/mol. The number of para-hydroxylation sites is 2. The van der Waals surface area contributed by atoms with Crippen molar-refractivity contribution in [3.63, 3.8) is 0 Å². The highest BCUT2D eigenvalue weighted by atomic mass is 31.2. The number of aliphatic imine (C=N–C) groups is 5. The molecule has 0 saturated carbocycles. The topological polar surface area (TPSA) is 139 Å². The van der Waals surface area contributed by atoms with Gasteiger partial charge < -0.3 is 16.5 Å². The van der Waals surface area contributed by atoms with E-state index < -0.39 is 26.9 Å². The van der Waals surface area contributed by atoms with Gasteiger partial charge in [-0.3, -0.25) is 9.93 Å². The number of benzene rings is 6. The zero-order chi connectivity index (χ0) is 43.6. The molecule has 6 aromatic carbocycles. The summed E-state index contributed by atoms with van der Waals surface area (Å²) in [6, 6.07) is 49.7. The van der Waals surface area contributed by atoms with Crippen LogP contribution in [0.15, 0.2) is 183 Å². The van der Waals surface area contributed by atoms with Gasteiger partial charge in [0, 0.05) is 49.9 Å². The Morgan fingerprint density at radius 1 is 0.609 bits per heavy atom. The van der Waals surface area contributed by atoms with Crippen LogP contribution in [0.5, 0.6) is 11.5 Å². The average molecular weight is 875 g/mol. The van der Waals surface area contributed by atoms with Crippen LogP contribution in [0.4, 0.5) is 11.6 Å². The summed E-state index contributed by atoms with van der Waals surface area (Å²) in [6.07, 6.45) is 0.631. The summed E-state index contributed by atoms with van der Waals surface area (Å²) in [5, 5.41) is 11.8. The third-order valence-corrected chi connectivity index (χ3v) is 17.7. The quantitative estimate of drug-likeness (QED) is 0.108. The molecule has 7 aromatic rings. The summed E-state index contributed by atoms with van der Waals surface area (Å²) in [5.74, 6) is 4.00. The molecular formula is C50H40AlN8O4P.